The molecule has 0 radical (unpaired) electrons. The van der Waals surface area contributed by atoms with Crippen molar-refractivity contribution in [1.82, 2.24) is 0 Å². The molecule has 0 aliphatic heterocycles. The third-order valence-corrected chi connectivity index (χ3v) is 2.87. The Bertz CT molecular complexity index is 534. The molecule has 2 N–H and O–H groups in total. The molecule has 2 rings (SSSR count). The van der Waals surface area contributed by atoms with Crippen molar-refractivity contribution in [1.29, 1.82) is 5.26 Å². The molecule has 0 bridgehead atoms. The highest BCUT2D eigenvalue weighted by Gasteiger charge is 2.30. The number of aliphatic hydroxyl groups excluding tert-OH is 1. The van der Waals surface area contributed by atoms with Crippen molar-refractivity contribution < 1.29 is 9.90 Å². The number of carbonyl (C=O) groups excluding carboxylic acids is 1. The van der Waals surface area contributed by atoms with Crippen LogP contribution in [-0.2, 0) is 4.79 Å². The largest absolute Gasteiger partial charge is 0.510 e. The van der Waals surface area contributed by atoms with Gasteiger partial charge in [-0.25, -0.2) is 0 Å². The fourth-order valence-corrected chi connectivity index (χ4v) is 1.62. The van der Waals surface area contributed by atoms with E-state index in [-0.39, 0.29) is 17.3 Å². The summed E-state index contributed by atoms with van der Waals surface area (Å²) in [5, 5.41) is 21.3. The highest BCUT2D eigenvalue weighted by Crippen LogP contribution is 2.36. The number of allylic oxidation sites excluding steroid dienone is 1. The summed E-state index contributed by atoms with van der Waals surface area (Å²) >= 11 is 0. The van der Waals surface area contributed by atoms with E-state index in [1.54, 1.807) is 18.2 Å². The Morgan fingerprint density at radius 3 is 2.50 bits per heavy atom. The molecule has 4 nitrogen and oxygen atoms in total. The van der Waals surface area contributed by atoms with E-state index in [4.69, 9.17) is 5.26 Å². The van der Waals surface area contributed by atoms with Gasteiger partial charge in [0.1, 0.15) is 11.8 Å². The van der Waals surface area contributed by atoms with Crippen LogP contribution in [0.2, 0.25) is 0 Å². The summed E-state index contributed by atoms with van der Waals surface area (Å²) in [5.41, 5.74) is 1.52. The maximum Gasteiger partial charge on any atom is 0.269 e. The molecule has 92 valence electrons. The summed E-state index contributed by atoms with van der Waals surface area (Å²) in [6.07, 6.45) is 1.68. The number of nitriles is 1. The summed E-state index contributed by atoms with van der Waals surface area (Å²) in [5.74, 6) is -0.642. The zero-order valence-corrected chi connectivity index (χ0v) is 10.1. The second kappa shape index (κ2) is 4.92. The molecule has 0 heterocycles. The first-order valence-electron chi connectivity index (χ1n) is 5.83. The van der Waals surface area contributed by atoms with Gasteiger partial charge in [-0.3, -0.25) is 4.79 Å². The van der Waals surface area contributed by atoms with Crippen molar-refractivity contribution in [3.8, 4) is 6.07 Å². The number of benzene rings is 1. The molecule has 1 fully saturated rings. The fourth-order valence-electron chi connectivity index (χ4n) is 1.62. The topological polar surface area (TPSA) is 73.1 Å². The standard InChI is InChI=1S/C14H14N2O2/c1-9-2-6-11(7-3-9)16-14(18)12(8-15)13(17)10-4-5-10/h2-3,6-7,10,17H,4-5H2,1H3,(H,16,18)/b13-12-. The Kier molecular flexibility index (Phi) is 3.33. The number of aryl methyl sites for hydroxylation is 1. The lowest BCUT2D eigenvalue weighted by atomic mass is 10.1. The van der Waals surface area contributed by atoms with Crippen LogP contribution < -0.4 is 5.32 Å². The average Bonchev–Trinajstić information content (AvgIpc) is 3.17. The fraction of sp³-hybridized carbons (Fsp3) is 0.286. The molecule has 0 aromatic heterocycles. The van der Waals surface area contributed by atoms with E-state index < -0.39 is 5.91 Å². The van der Waals surface area contributed by atoms with E-state index in [1.807, 2.05) is 19.1 Å². The van der Waals surface area contributed by atoms with Crippen LogP contribution >= 0.6 is 0 Å². The number of carbonyl (C=O) groups is 1. The first-order chi connectivity index (χ1) is 8.61. The first-order valence-corrected chi connectivity index (χ1v) is 5.83. The van der Waals surface area contributed by atoms with Crippen molar-refractivity contribution >= 4 is 11.6 Å². The summed E-state index contributed by atoms with van der Waals surface area (Å²) < 4.78 is 0. The number of hydrogen-bond acceptors (Lipinski definition) is 3. The summed E-state index contributed by atoms with van der Waals surface area (Å²) in [7, 11) is 0. The van der Waals surface area contributed by atoms with Crippen molar-refractivity contribution in [3.63, 3.8) is 0 Å². The van der Waals surface area contributed by atoms with E-state index >= 15 is 0 Å². The van der Waals surface area contributed by atoms with Gasteiger partial charge >= 0.3 is 0 Å². The van der Waals surface area contributed by atoms with Gasteiger partial charge in [-0.1, -0.05) is 17.7 Å². The molecule has 18 heavy (non-hydrogen) atoms. The third-order valence-electron chi connectivity index (χ3n) is 2.87. The molecule has 4 heteroatoms. The molecule has 1 amide bonds. The lowest BCUT2D eigenvalue weighted by molar-refractivity contribution is -0.112. The van der Waals surface area contributed by atoms with Gasteiger partial charge in [-0.05, 0) is 31.9 Å². The van der Waals surface area contributed by atoms with E-state index in [0.717, 1.165) is 18.4 Å². The Morgan fingerprint density at radius 2 is 2.00 bits per heavy atom. The Labute approximate surface area is 106 Å². The van der Waals surface area contributed by atoms with Gasteiger partial charge in [0.05, 0.1) is 0 Å². The summed E-state index contributed by atoms with van der Waals surface area (Å²) in [4.78, 5) is 11.9. The van der Waals surface area contributed by atoms with Crippen LogP contribution in [0.15, 0.2) is 35.6 Å². The normalized spacial score (nSPS) is 15.6. The number of nitrogens with one attached hydrogen (secondary N) is 1. The molecule has 0 atom stereocenters. The molecule has 0 spiro atoms. The van der Waals surface area contributed by atoms with Gasteiger partial charge in [-0.15, -0.1) is 0 Å². The molecule has 1 aliphatic rings. The SMILES string of the molecule is Cc1ccc(NC(=O)/C(C#N)=C(\O)C2CC2)cc1. The lowest BCUT2D eigenvalue weighted by Crippen LogP contribution is -2.15. The van der Waals surface area contributed by atoms with Gasteiger partial charge in [0, 0.05) is 11.6 Å². The number of amides is 1. The zero-order valence-electron chi connectivity index (χ0n) is 10.1. The van der Waals surface area contributed by atoms with Crippen molar-refractivity contribution in [2.75, 3.05) is 5.32 Å². The van der Waals surface area contributed by atoms with Crippen molar-refractivity contribution in [2.45, 2.75) is 19.8 Å². The molecule has 1 saturated carbocycles. The molecule has 0 saturated heterocycles. The molecule has 1 aromatic carbocycles. The average molecular weight is 242 g/mol. The maximum absolute atomic E-state index is 11.9. The highest BCUT2D eigenvalue weighted by molar-refractivity contribution is 6.06. The van der Waals surface area contributed by atoms with Crippen LogP contribution in [0.25, 0.3) is 0 Å². The number of nitrogens with zero attached hydrogens (tertiary/aromatic N) is 1. The predicted octanol–water partition coefficient (Wildman–Crippen LogP) is 2.68. The minimum Gasteiger partial charge on any atom is -0.510 e. The van der Waals surface area contributed by atoms with Crippen LogP contribution in [-0.4, -0.2) is 11.0 Å². The molecular weight excluding hydrogens is 228 g/mol. The van der Waals surface area contributed by atoms with Crippen LogP contribution in [0.5, 0.6) is 0 Å². The van der Waals surface area contributed by atoms with Crippen LogP contribution in [0.3, 0.4) is 0 Å². The van der Waals surface area contributed by atoms with E-state index in [1.165, 1.54) is 0 Å². The van der Waals surface area contributed by atoms with Gasteiger partial charge in [0.2, 0.25) is 0 Å². The number of hydrogen-bond donors (Lipinski definition) is 2. The van der Waals surface area contributed by atoms with Gasteiger partial charge in [0.15, 0.2) is 5.57 Å². The maximum atomic E-state index is 11.9. The van der Waals surface area contributed by atoms with E-state index in [0.29, 0.717) is 5.69 Å². The Morgan fingerprint density at radius 1 is 1.39 bits per heavy atom. The molecular formula is C14H14N2O2. The van der Waals surface area contributed by atoms with E-state index in [2.05, 4.69) is 5.32 Å². The van der Waals surface area contributed by atoms with Gasteiger partial charge in [0.25, 0.3) is 5.91 Å². The second-order valence-electron chi connectivity index (χ2n) is 4.47. The minimum atomic E-state index is -0.550. The van der Waals surface area contributed by atoms with Gasteiger partial charge in [-0.2, -0.15) is 5.26 Å². The van der Waals surface area contributed by atoms with E-state index in [9.17, 15) is 9.90 Å². The van der Waals surface area contributed by atoms with Crippen LogP contribution in [0, 0.1) is 24.2 Å². The Hall–Kier alpha value is -2.28. The number of anilines is 1. The lowest BCUT2D eigenvalue weighted by Gasteiger charge is -2.06. The molecule has 0 unspecified atom stereocenters. The number of rotatable bonds is 3. The van der Waals surface area contributed by atoms with Crippen LogP contribution in [0.1, 0.15) is 18.4 Å². The number of aliphatic hydroxyl groups is 1. The van der Waals surface area contributed by atoms with Crippen LogP contribution in [0.4, 0.5) is 5.69 Å². The third kappa shape index (κ3) is 2.69. The predicted molar refractivity (Wildman–Crippen MR) is 67.8 cm³/mol. The van der Waals surface area contributed by atoms with Gasteiger partial charge < -0.3 is 10.4 Å². The monoisotopic (exact) mass is 242 g/mol. The minimum absolute atomic E-state index is 0.0107. The van der Waals surface area contributed by atoms with Crippen molar-refractivity contribution in [2.24, 2.45) is 5.92 Å². The molecule has 1 aromatic rings. The summed E-state index contributed by atoms with van der Waals surface area (Å²) in [6.45, 7) is 1.95. The quantitative estimate of drug-likeness (QED) is 0.486. The van der Waals surface area contributed by atoms with Crippen molar-refractivity contribution in [3.05, 3.63) is 41.2 Å². The molecule has 1 aliphatic carbocycles. The summed E-state index contributed by atoms with van der Waals surface area (Å²) in [6, 6.07) is 9.03. The Balaban J connectivity index is 2.14. The highest BCUT2D eigenvalue weighted by atomic mass is 16.3. The zero-order chi connectivity index (χ0) is 13.1. The first kappa shape index (κ1) is 12.2. The second-order valence-corrected chi connectivity index (χ2v) is 4.47. The smallest absolute Gasteiger partial charge is 0.269 e.